The Kier molecular flexibility index (Phi) is 5.00. The molecule has 17 heavy (non-hydrogen) atoms. The smallest absolute Gasteiger partial charge is 0.328 e. The molecule has 1 unspecified atom stereocenters. The van der Waals surface area contributed by atoms with Crippen LogP contribution in [0.3, 0.4) is 0 Å². The molecule has 1 atom stereocenters. The van der Waals surface area contributed by atoms with Crippen LogP contribution in [0.25, 0.3) is 0 Å². The minimum atomic E-state index is -0.339. The van der Waals surface area contributed by atoms with Crippen LogP contribution in [0.15, 0.2) is 16.6 Å². The third-order valence-corrected chi connectivity index (χ3v) is 2.96. The molecule has 0 aliphatic rings. The topological polar surface area (TPSA) is 38.3 Å². The molecule has 0 saturated carbocycles. The lowest BCUT2D eigenvalue weighted by Crippen LogP contribution is -2.28. The van der Waals surface area contributed by atoms with E-state index in [0.29, 0.717) is 6.61 Å². The molecule has 0 heterocycles. The first kappa shape index (κ1) is 14.0. The number of ether oxygens (including phenoxy) is 1. The molecule has 1 N–H and O–H groups in total. The molecular weight excluding hydrogens is 282 g/mol. The van der Waals surface area contributed by atoms with Gasteiger partial charge >= 0.3 is 5.97 Å². The first-order valence-electron chi connectivity index (χ1n) is 5.65. The van der Waals surface area contributed by atoms with Crippen molar-refractivity contribution in [3.05, 3.63) is 27.7 Å². The molecule has 0 radical (unpaired) electrons. The van der Waals surface area contributed by atoms with Gasteiger partial charge in [0.05, 0.1) is 6.61 Å². The maximum atomic E-state index is 11.5. The second-order valence-electron chi connectivity index (χ2n) is 4.03. The van der Waals surface area contributed by atoms with Crippen molar-refractivity contribution in [2.45, 2.75) is 33.7 Å². The van der Waals surface area contributed by atoms with E-state index in [0.717, 1.165) is 21.3 Å². The summed E-state index contributed by atoms with van der Waals surface area (Å²) in [6.45, 7) is 8.04. The second kappa shape index (κ2) is 6.05. The highest BCUT2D eigenvalue weighted by atomic mass is 79.9. The molecule has 0 aromatic heterocycles. The summed E-state index contributed by atoms with van der Waals surface area (Å²) >= 11 is 3.45. The van der Waals surface area contributed by atoms with Gasteiger partial charge in [-0.2, -0.15) is 0 Å². The standard InChI is InChI=1S/C13H18BrNO2/c1-5-17-13(16)10(4)15-12-8(2)6-11(14)7-9(12)3/h6-7,10,15H,5H2,1-4H3. The zero-order chi connectivity index (χ0) is 13.0. The number of rotatable bonds is 4. The third-order valence-electron chi connectivity index (χ3n) is 2.50. The van der Waals surface area contributed by atoms with Gasteiger partial charge in [0, 0.05) is 10.2 Å². The van der Waals surface area contributed by atoms with Crippen molar-refractivity contribution in [3.63, 3.8) is 0 Å². The molecule has 3 nitrogen and oxygen atoms in total. The predicted octanol–water partition coefficient (Wildman–Crippen LogP) is 3.43. The second-order valence-corrected chi connectivity index (χ2v) is 4.95. The van der Waals surface area contributed by atoms with Crippen molar-refractivity contribution < 1.29 is 9.53 Å². The fraction of sp³-hybridized carbons (Fsp3) is 0.462. The lowest BCUT2D eigenvalue weighted by atomic mass is 10.1. The van der Waals surface area contributed by atoms with E-state index in [9.17, 15) is 4.79 Å². The molecule has 0 saturated heterocycles. The van der Waals surface area contributed by atoms with E-state index in [1.54, 1.807) is 13.8 Å². The number of halogens is 1. The first-order chi connectivity index (χ1) is 7.95. The summed E-state index contributed by atoms with van der Waals surface area (Å²) in [5, 5.41) is 3.19. The fourth-order valence-corrected chi connectivity index (χ4v) is 2.37. The van der Waals surface area contributed by atoms with Gasteiger partial charge in [-0.15, -0.1) is 0 Å². The maximum Gasteiger partial charge on any atom is 0.328 e. The Labute approximate surface area is 111 Å². The molecule has 0 fully saturated rings. The molecule has 0 aliphatic heterocycles. The molecular formula is C13H18BrNO2. The third kappa shape index (κ3) is 3.73. The van der Waals surface area contributed by atoms with Crippen LogP contribution in [0.5, 0.6) is 0 Å². The van der Waals surface area contributed by atoms with E-state index in [1.807, 2.05) is 26.0 Å². The number of esters is 1. The summed E-state index contributed by atoms with van der Waals surface area (Å²) in [6.07, 6.45) is 0. The minimum Gasteiger partial charge on any atom is -0.464 e. The van der Waals surface area contributed by atoms with Crippen molar-refractivity contribution in [1.82, 2.24) is 0 Å². The Morgan fingerprint density at radius 2 is 1.94 bits per heavy atom. The molecule has 0 amide bonds. The van der Waals surface area contributed by atoms with E-state index in [2.05, 4.69) is 21.2 Å². The average Bonchev–Trinajstić information content (AvgIpc) is 2.23. The molecule has 0 aliphatic carbocycles. The lowest BCUT2D eigenvalue weighted by molar-refractivity contribution is -0.143. The number of nitrogens with one attached hydrogen (secondary N) is 1. The Balaban J connectivity index is 2.85. The van der Waals surface area contributed by atoms with Gasteiger partial charge in [-0.3, -0.25) is 0 Å². The molecule has 0 spiro atoms. The lowest BCUT2D eigenvalue weighted by Gasteiger charge is -2.18. The molecule has 1 rings (SSSR count). The Bertz CT molecular complexity index is 395. The maximum absolute atomic E-state index is 11.5. The van der Waals surface area contributed by atoms with Crippen LogP contribution >= 0.6 is 15.9 Å². The Morgan fingerprint density at radius 1 is 1.41 bits per heavy atom. The molecule has 1 aromatic rings. The zero-order valence-electron chi connectivity index (χ0n) is 10.6. The minimum absolute atomic E-state index is 0.228. The predicted molar refractivity (Wildman–Crippen MR) is 73.3 cm³/mol. The van der Waals surface area contributed by atoms with Crippen molar-refractivity contribution in [2.24, 2.45) is 0 Å². The highest BCUT2D eigenvalue weighted by Crippen LogP contribution is 2.25. The largest absolute Gasteiger partial charge is 0.464 e. The van der Waals surface area contributed by atoms with Gasteiger partial charge in [-0.25, -0.2) is 4.79 Å². The van der Waals surface area contributed by atoms with Crippen LogP contribution in [0.4, 0.5) is 5.69 Å². The molecule has 0 bridgehead atoms. The van der Waals surface area contributed by atoms with Crippen LogP contribution < -0.4 is 5.32 Å². The Hall–Kier alpha value is -1.03. The number of hydrogen-bond acceptors (Lipinski definition) is 3. The summed E-state index contributed by atoms with van der Waals surface area (Å²) in [5.41, 5.74) is 3.20. The van der Waals surface area contributed by atoms with Gasteiger partial charge in [0.1, 0.15) is 6.04 Å². The number of carbonyl (C=O) groups is 1. The van der Waals surface area contributed by atoms with Gasteiger partial charge < -0.3 is 10.1 Å². The number of hydrogen-bond donors (Lipinski definition) is 1. The van der Waals surface area contributed by atoms with Crippen molar-refractivity contribution in [2.75, 3.05) is 11.9 Å². The zero-order valence-corrected chi connectivity index (χ0v) is 12.2. The van der Waals surface area contributed by atoms with Gasteiger partial charge in [0.25, 0.3) is 0 Å². The van der Waals surface area contributed by atoms with E-state index >= 15 is 0 Å². The molecule has 94 valence electrons. The average molecular weight is 300 g/mol. The highest BCUT2D eigenvalue weighted by molar-refractivity contribution is 9.10. The van der Waals surface area contributed by atoms with Gasteiger partial charge in [0.2, 0.25) is 0 Å². The normalized spacial score (nSPS) is 12.1. The van der Waals surface area contributed by atoms with Crippen LogP contribution in [0.2, 0.25) is 0 Å². The summed E-state index contributed by atoms with van der Waals surface area (Å²) in [6, 6.07) is 3.70. The SMILES string of the molecule is CCOC(=O)C(C)Nc1c(C)cc(Br)cc1C. The van der Waals surface area contributed by atoms with E-state index in [1.165, 1.54) is 0 Å². The number of anilines is 1. The monoisotopic (exact) mass is 299 g/mol. The van der Waals surface area contributed by atoms with Crippen molar-refractivity contribution in [3.8, 4) is 0 Å². The summed E-state index contributed by atoms with van der Waals surface area (Å²) in [4.78, 5) is 11.5. The van der Waals surface area contributed by atoms with Gasteiger partial charge in [-0.1, -0.05) is 15.9 Å². The molecule has 1 aromatic carbocycles. The number of aryl methyl sites for hydroxylation is 2. The van der Waals surface area contributed by atoms with Crippen LogP contribution in [0, 0.1) is 13.8 Å². The fourth-order valence-electron chi connectivity index (χ4n) is 1.68. The van der Waals surface area contributed by atoms with Crippen molar-refractivity contribution >= 4 is 27.6 Å². The summed E-state index contributed by atoms with van der Waals surface area (Å²) in [7, 11) is 0. The quantitative estimate of drug-likeness (QED) is 0.866. The first-order valence-corrected chi connectivity index (χ1v) is 6.45. The van der Waals surface area contributed by atoms with Crippen molar-refractivity contribution in [1.29, 1.82) is 0 Å². The van der Waals surface area contributed by atoms with E-state index in [4.69, 9.17) is 4.74 Å². The van der Waals surface area contributed by atoms with Crippen LogP contribution in [-0.2, 0) is 9.53 Å². The Morgan fingerprint density at radius 3 is 2.41 bits per heavy atom. The van der Waals surface area contributed by atoms with E-state index in [-0.39, 0.29) is 12.0 Å². The van der Waals surface area contributed by atoms with Gasteiger partial charge in [-0.05, 0) is 51.0 Å². The van der Waals surface area contributed by atoms with E-state index < -0.39 is 0 Å². The molecule has 4 heteroatoms. The van der Waals surface area contributed by atoms with Crippen LogP contribution in [-0.4, -0.2) is 18.6 Å². The number of benzene rings is 1. The highest BCUT2D eigenvalue weighted by Gasteiger charge is 2.15. The summed E-state index contributed by atoms with van der Waals surface area (Å²) in [5.74, 6) is -0.228. The summed E-state index contributed by atoms with van der Waals surface area (Å²) < 4.78 is 6.01. The van der Waals surface area contributed by atoms with Gasteiger partial charge in [0.15, 0.2) is 0 Å². The van der Waals surface area contributed by atoms with Crippen LogP contribution in [0.1, 0.15) is 25.0 Å². The number of carbonyl (C=O) groups excluding carboxylic acids is 1.